The van der Waals surface area contributed by atoms with Crippen LogP contribution >= 0.6 is 69.6 Å². The number of esters is 1. The topological polar surface area (TPSA) is 157 Å². The average Bonchev–Trinajstić information content (AvgIpc) is 3.24. The second kappa shape index (κ2) is 31.5. The molecule has 0 spiro atoms. The number of halogens is 6. The van der Waals surface area contributed by atoms with Crippen molar-refractivity contribution in [2.45, 2.75) is 45.7 Å². The molecule has 0 aromatic heterocycles. The summed E-state index contributed by atoms with van der Waals surface area (Å²) in [6.45, 7) is 4.44. The Morgan fingerprint density at radius 3 is 1.70 bits per heavy atom. The van der Waals surface area contributed by atoms with Crippen molar-refractivity contribution in [1.29, 1.82) is 0 Å². The van der Waals surface area contributed by atoms with Crippen LogP contribution in [0.15, 0.2) is 78.9 Å². The van der Waals surface area contributed by atoms with E-state index >= 15 is 0 Å². The minimum Gasteiger partial charge on any atom is -0.464 e. The predicted molar refractivity (Wildman–Crippen MR) is 247 cm³/mol. The van der Waals surface area contributed by atoms with E-state index in [1.54, 1.807) is 51.5 Å². The van der Waals surface area contributed by atoms with Crippen molar-refractivity contribution in [2.24, 2.45) is 5.73 Å². The van der Waals surface area contributed by atoms with Gasteiger partial charge in [-0.05, 0) is 65.9 Å². The summed E-state index contributed by atoms with van der Waals surface area (Å²) >= 11 is 35.5. The summed E-state index contributed by atoms with van der Waals surface area (Å²) in [6, 6.07) is 23.6. The molecule has 6 N–H and O–H groups in total. The molecule has 3 amide bonds. The van der Waals surface area contributed by atoms with E-state index in [0.717, 1.165) is 28.7 Å². The van der Waals surface area contributed by atoms with Gasteiger partial charge in [0.25, 0.3) is 0 Å². The predicted octanol–water partition coefficient (Wildman–Crippen LogP) is 8.51. The molecule has 0 fully saturated rings. The first-order valence-electron chi connectivity index (χ1n) is 18.9. The Balaban J connectivity index is 0.000000472. The molecule has 0 saturated heterocycles. The number of hydrogen-bond donors (Lipinski definition) is 5. The lowest BCUT2D eigenvalue weighted by Gasteiger charge is -2.18. The van der Waals surface area contributed by atoms with E-state index in [0.29, 0.717) is 62.6 Å². The number of nitrogens with one attached hydrogen (secondary N) is 2. The number of ether oxygens (including phenoxy) is 1. The Hall–Kier alpha value is -3.33. The van der Waals surface area contributed by atoms with Gasteiger partial charge < -0.3 is 41.1 Å². The van der Waals surface area contributed by atoms with Crippen molar-refractivity contribution in [3.05, 3.63) is 137 Å². The molecule has 0 atom stereocenters. The monoisotopic (exact) mass is 947 g/mol. The molecule has 0 aliphatic rings. The van der Waals surface area contributed by atoms with Gasteiger partial charge >= 0.3 is 12.0 Å². The quantitative estimate of drug-likeness (QED) is 0.0701. The average molecular weight is 951 g/mol. The third-order valence-corrected chi connectivity index (χ3v) is 11.0. The second-order valence-electron chi connectivity index (χ2n) is 12.9. The van der Waals surface area contributed by atoms with E-state index in [1.165, 1.54) is 15.4 Å². The molecule has 60 heavy (non-hydrogen) atoms. The van der Waals surface area contributed by atoms with Gasteiger partial charge in [-0.15, -0.1) is 0 Å². The Bertz CT molecular complexity index is 1890. The molecule has 11 nitrogen and oxygen atoms in total. The molecule has 0 aliphatic carbocycles. The minimum atomic E-state index is -0.316. The Morgan fingerprint density at radius 1 is 0.700 bits per heavy atom. The number of nitrogens with zero attached hydrogens (tertiary/aromatic N) is 2. The number of carbonyl (C=O) groups excluding carboxylic acids is 3. The van der Waals surface area contributed by atoms with Gasteiger partial charge in [0.15, 0.2) is 0 Å². The lowest BCUT2D eigenvalue weighted by Crippen LogP contribution is -2.39. The van der Waals surface area contributed by atoms with Gasteiger partial charge in [-0.1, -0.05) is 137 Å². The van der Waals surface area contributed by atoms with Crippen molar-refractivity contribution < 1.29 is 29.3 Å². The highest BCUT2D eigenvalue weighted by molar-refractivity contribution is 6.43. The van der Waals surface area contributed by atoms with Gasteiger partial charge in [0, 0.05) is 46.7 Å². The number of nitrogens with two attached hydrogens (primary N) is 1. The van der Waals surface area contributed by atoms with E-state index in [-0.39, 0.29) is 57.2 Å². The first kappa shape index (κ1) is 54.7. The van der Waals surface area contributed by atoms with E-state index in [1.807, 2.05) is 48.5 Å². The number of hydrogen-bond acceptors (Lipinski definition) is 8. The number of benzene rings is 4. The van der Waals surface area contributed by atoms with Crippen molar-refractivity contribution in [3.63, 3.8) is 0 Å². The number of carbonyl (C=O) groups is 3. The summed E-state index contributed by atoms with van der Waals surface area (Å²) in [5, 5.41) is 25.2. The highest BCUT2D eigenvalue weighted by atomic mass is 35.5. The van der Waals surface area contributed by atoms with Gasteiger partial charge in [0.1, 0.15) is 6.61 Å². The number of aliphatic hydroxyl groups is 2. The fraction of sp³-hybridized carbons (Fsp3) is 0.372. The Labute approximate surface area is 384 Å². The van der Waals surface area contributed by atoms with E-state index in [4.69, 9.17) is 90.3 Å². The normalized spacial score (nSPS) is 10.2. The SMILES string of the molecule is CCc1ccc(CC(=O)OCCN(C)C(=O)NCc2cccc(Cl)c2Cl)cc1.CN(CCO)C(=O)CCc1cccc(Cl)c1Cl.CNCCO.NCc1cccc(Cl)c1Cl. The van der Waals surface area contributed by atoms with Crippen LogP contribution in [0.3, 0.4) is 0 Å². The first-order valence-corrected chi connectivity index (χ1v) is 21.2. The number of rotatable bonds is 16. The molecule has 4 aromatic rings. The fourth-order valence-electron chi connectivity index (χ4n) is 4.77. The van der Waals surface area contributed by atoms with Crippen LogP contribution in [0.1, 0.15) is 41.2 Å². The number of likely N-dealkylation sites (N-methyl/N-ethyl adjacent to an activating group) is 3. The third-order valence-electron chi connectivity index (χ3n) is 8.39. The Kier molecular flexibility index (Phi) is 28.7. The third kappa shape index (κ3) is 21.5. The number of amides is 3. The maximum absolute atomic E-state index is 12.1. The molecule has 0 heterocycles. The summed E-state index contributed by atoms with van der Waals surface area (Å²) < 4.78 is 5.22. The van der Waals surface area contributed by atoms with Gasteiger partial charge in [-0.3, -0.25) is 9.59 Å². The van der Waals surface area contributed by atoms with Crippen LogP contribution in [0.25, 0.3) is 0 Å². The van der Waals surface area contributed by atoms with Gasteiger partial charge in [-0.2, -0.15) is 0 Å². The van der Waals surface area contributed by atoms with Gasteiger partial charge in [-0.25, -0.2) is 4.79 Å². The zero-order valence-corrected chi connectivity index (χ0v) is 38.8. The van der Waals surface area contributed by atoms with Crippen LogP contribution in [-0.4, -0.2) is 98.5 Å². The van der Waals surface area contributed by atoms with Crippen LogP contribution in [0.2, 0.25) is 30.1 Å². The molecule has 4 rings (SSSR count). The maximum atomic E-state index is 12.1. The zero-order chi connectivity index (χ0) is 45.0. The molecule has 0 aliphatic heterocycles. The number of aryl methyl sites for hydroxylation is 2. The molecule has 0 saturated carbocycles. The molecule has 0 bridgehead atoms. The zero-order valence-electron chi connectivity index (χ0n) is 34.3. The molecule has 330 valence electrons. The highest BCUT2D eigenvalue weighted by Crippen LogP contribution is 2.27. The van der Waals surface area contributed by atoms with Crippen LogP contribution in [-0.2, 0) is 46.7 Å². The van der Waals surface area contributed by atoms with Crippen LogP contribution in [0, 0.1) is 0 Å². The lowest BCUT2D eigenvalue weighted by atomic mass is 10.1. The summed E-state index contributed by atoms with van der Waals surface area (Å²) in [7, 11) is 5.10. The van der Waals surface area contributed by atoms with Gasteiger partial charge in [0.2, 0.25) is 5.91 Å². The van der Waals surface area contributed by atoms with E-state index < -0.39 is 0 Å². The summed E-state index contributed by atoms with van der Waals surface area (Å²) in [4.78, 5) is 38.7. The van der Waals surface area contributed by atoms with Crippen molar-refractivity contribution in [1.82, 2.24) is 20.4 Å². The van der Waals surface area contributed by atoms with E-state index in [2.05, 4.69) is 17.6 Å². The fourth-order valence-corrected chi connectivity index (χ4v) is 5.96. The van der Waals surface area contributed by atoms with Crippen LogP contribution in [0.4, 0.5) is 4.79 Å². The molecule has 17 heteroatoms. The van der Waals surface area contributed by atoms with Crippen molar-refractivity contribution >= 4 is 87.5 Å². The first-order chi connectivity index (χ1) is 28.6. The highest BCUT2D eigenvalue weighted by Gasteiger charge is 2.13. The lowest BCUT2D eigenvalue weighted by molar-refractivity contribution is -0.143. The van der Waals surface area contributed by atoms with Crippen molar-refractivity contribution in [2.75, 3.05) is 60.6 Å². The largest absolute Gasteiger partial charge is 0.464 e. The molecular weight excluding hydrogens is 895 g/mol. The summed E-state index contributed by atoms with van der Waals surface area (Å²) in [5.74, 6) is -0.334. The minimum absolute atomic E-state index is 0.0184. The Morgan fingerprint density at radius 2 is 1.22 bits per heavy atom. The number of urea groups is 1. The molecule has 0 radical (unpaired) electrons. The summed E-state index contributed by atoms with van der Waals surface area (Å²) in [6.07, 6.45) is 2.08. The van der Waals surface area contributed by atoms with Crippen LogP contribution < -0.4 is 16.4 Å². The van der Waals surface area contributed by atoms with Crippen molar-refractivity contribution in [3.8, 4) is 0 Å². The standard InChI is InChI=1S/C21H24Cl2N2O3.C12H15Cl2NO2.C7H7Cl2N.C3H9NO/c1-3-15-7-9-16(10-8-15)13-19(26)28-12-11-25(2)21(27)24-14-17-5-4-6-18(22)20(17)23;1-15(7-8-16)11(17)6-5-9-3-2-4-10(13)12(9)14;8-6-3-1-2-5(4-10)7(6)9;1-4-2-3-5/h4-10H,3,11-14H2,1-2H3,(H,24,27);2-4,16H,5-8H2,1H3;1-3H,4,10H2;4-5H,2-3H2,1H3. The maximum Gasteiger partial charge on any atom is 0.317 e. The smallest absolute Gasteiger partial charge is 0.317 e. The molecule has 4 aromatic carbocycles. The summed E-state index contributed by atoms with van der Waals surface area (Å²) in [5.41, 5.74) is 9.99. The molecule has 0 unspecified atom stereocenters. The molecular formula is C43H55Cl6N5O6. The van der Waals surface area contributed by atoms with E-state index in [9.17, 15) is 14.4 Å². The van der Waals surface area contributed by atoms with Crippen LogP contribution in [0.5, 0.6) is 0 Å². The van der Waals surface area contributed by atoms with Gasteiger partial charge in [0.05, 0.1) is 56.3 Å². The second-order valence-corrected chi connectivity index (χ2v) is 15.2. The number of aliphatic hydroxyl groups excluding tert-OH is 2.